The Morgan fingerprint density at radius 3 is 1.91 bits per heavy atom. The minimum absolute atomic E-state index is 0. The summed E-state index contributed by atoms with van der Waals surface area (Å²) in [5, 5.41) is 0. The zero-order chi connectivity index (χ0) is 15.2. The Morgan fingerprint density at radius 1 is 0.818 bits per heavy atom. The normalized spacial score (nSPS) is 11.9. The number of benzene rings is 1. The average Bonchev–Trinajstić information content (AvgIpc) is 2.53. The summed E-state index contributed by atoms with van der Waals surface area (Å²) in [5.74, 6) is 1.77. The first kappa shape index (κ1) is 22.1. The standard InChI is InChI=1S/C20H34S.BrH/c1-2-3-4-5-6-7-8-9-11-16-20(18-21)17-19-14-12-10-13-15-19;/h10,12-15,20-21H,2-9,11,16-18H2,1H3;1H. The average molecular weight is 387 g/mol. The van der Waals surface area contributed by atoms with E-state index >= 15 is 0 Å². The van der Waals surface area contributed by atoms with Gasteiger partial charge in [-0.1, -0.05) is 95.0 Å². The van der Waals surface area contributed by atoms with E-state index in [9.17, 15) is 0 Å². The third kappa shape index (κ3) is 11.6. The van der Waals surface area contributed by atoms with Crippen molar-refractivity contribution < 1.29 is 0 Å². The largest absolute Gasteiger partial charge is 0.179 e. The van der Waals surface area contributed by atoms with Crippen molar-refractivity contribution in [3.63, 3.8) is 0 Å². The molecule has 0 aliphatic rings. The van der Waals surface area contributed by atoms with Gasteiger partial charge in [-0.3, -0.25) is 0 Å². The van der Waals surface area contributed by atoms with E-state index in [2.05, 4.69) is 49.9 Å². The minimum Gasteiger partial charge on any atom is -0.179 e. The van der Waals surface area contributed by atoms with Crippen molar-refractivity contribution in [3.8, 4) is 0 Å². The predicted molar refractivity (Wildman–Crippen MR) is 110 cm³/mol. The Kier molecular flexibility index (Phi) is 16.0. The lowest BCUT2D eigenvalue weighted by atomic mass is 9.95. The monoisotopic (exact) mass is 386 g/mol. The predicted octanol–water partition coefficient (Wildman–Crippen LogP) is 7.27. The Morgan fingerprint density at radius 2 is 1.36 bits per heavy atom. The summed E-state index contributed by atoms with van der Waals surface area (Å²) in [6.45, 7) is 2.29. The molecule has 1 atom stereocenters. The van der Waals surface area contributed by atoms with Crippen LogP contribution in [-0.2, 0) is 6.42 Å². The van der Waals surface area contributed by atoms with Gasteiger partial charge in [0, 0.05) is 0 Å². The molecule has 0 spiro atoms. The van der Waals surface area contributed by atoms with E-state index in [1.807, 2.05) is 0 Å². The topological polar surface area (TPSA) is 0 Å². The fourth-order valence-electron chi connectivity index (χ4n) is 2.95. The van der Waals surface area contributed by atoms with Gasteiger partial charge < -0.3 is 0 Å². The van der Waals surface area contributed by atoms with Crippen molar-refractivity contribution in [1.82, 2.24) is 0 Å². The minimum atomic E-state index is 0. The van der Waals surface area contributed by atoms with E-state index in [0.29, 0.717) is 0 Å². The summed E-state index contributed by atoms with van der Waals surface area (Å²) < 4.78 is 0. The summed E-state index contributed by atoms with van der Waals surface area (Å²) >= 11 is 4.54. The Labute approximate surface area is 154 Å². The first-order valence-corrected chi connectivity index (χ1v) is 9.64. The highest BCUT2D eigenvalue weighted by molar-refractivity contribution is 8.93. The first-order chi connectivity index (χ1) is 10.4. The van der Waals surface area contributed by atoms with Gasteiger partial charge in [0.2, 0.25) is 0 Å². The van der Waals surface area contributed by atoms with E-state index in [-0.39, 0.29) is 17.0 Å². The maximum absolute atomic E-state index is 4.54. The van der Waals surface area contributed by atoms with Crippen molar-refractivity contribution in [1.29, 1.82) is 0 Å². The number of hydrogen-bond donors (Lipinski definition) is 1. The van der Waals surface area contributed by atoms with Gasteiger partial charge in [0.1, 0.15) is 0 Å². The van der Waals surface area contributed by atoms with Gasteiger partial charge in [0.15, 0.2) is 0 Å². The molecule has 0 aromatic heterocycles. The highest BCUT2D eigenvalue weighted by atomic mass is 79.9. The summed E-state index contributed by atoms with van der Waals surface area (Å²) in [6.07, 6.45) is 15.3. The first-order valence-electron chi connectivity index (χ1n) is 9.01. The molecule has 0 aliphatic carbocycles. The molecule has 1 unspecified atom stereocenters. The molecule has 2 heteroatoms. The number of rotatable bonds is 13. The fraction of sp³-hybridized carbons (Fsp3) is 0.700. The van der Waals surface area contributed by atoms with Crippen molar-refractivity contribution in [2.24, 2.45) is 5.92 Å². The van der Waals surface area contributed by atoms with Crippen LogP contribution < -0.4 is 0 Å². The van der Waals surface area contributed by atoms with Crippen LogP contribution in [0.1, 0.15) is 76.7 Å². The second-order valence-electron chi connectivity index (χ2n) is 6.36. The Bertz CT molecular complexity index is 326. The third-order valence-electron chi connectivity index (χ3n) is 4.34. The lowest BCUT2D eigenvalue weighted by molar-refractivity contribution is 0.484. The number of halogens is 1. The van der Waals surface area contributed by atoms with Crippen LogP contribution in [0.2, 0.25) is 0 Å². The molecule has 1 rings (SSSR count). The molecule has 0 bridgehead atoms. The van der Waals surface area contributed by atoms with Crippen LogP contribution in [0.25, 0.3) is 0 Å². The maximum Gasteiger partial charge on any atom is -0.00663 e. The smallest absolute Gasteiger partial charge is 0.00663 e. The molecule has 0 saturated heterocycles. The fourth-order valence-corrected chi connectivity index (χ4v) is 3.26. The van der Waals surface area contributed by atoms with Gasteiger partial charge >= 0.3 is 0 Å². The van der Waals surface area contributed by atoms with Crippen LogP contribution in [-0.4, -0.2) is 5.75 Å². The van der Waals surface area contributed by atoms with Crippen LogP contribution in [0.5, 0.6) is 0 Å². The van der Waals surface area contributed by atoms with Crippen molar-refractivity contribution in [2.75, 3.05) is 5.75 Å². The maximum atomic E-state index is 4.54. The summed E-state index contributed by atoms with van der Waals surface area (Å²) in [4.78, 5) is 0. The summed E-state index contributed by atoms with van der Waals surface area (Å²) in [5.41, 5.74) is 1.47. The number of hydrogen-bond acceptors (Lipinski definition) is 1. The second kappa shape index (κ2) is 15.9. The van der Waals surface area contributed by atoms with Crippen LogP contribution in [0.3, 0.4) is 0 Å². The van der Waals surface area contributed by atoms with Crippen LogP contribution in [0.4, 0.5) is 0 Å². The molecule has 0 amide bonds. The van der Waals surface area contributed by atoms with Crippen LogP contribution in [0, 0.1) is 5.92 Å². The van der Waals surface area contributed by atoms with Gasteiger partial charge in [0.25, 0.3) is 0 Å². The molecule has 0 fully saturated rings. The molecular formula is C20H35BrS. The van der Waals surface area contributed by atoms with Crippen molar-refractivity contribution in [3.05, 3.63) is 35.9 Å². The zero-order valence-corrected chi connectivity index (χ0v) is 16.9. The Balaban J connectivity index is 0.00000441. The third-order valence-corrected chi connectivity index (χ3v) is 4.86. The molecule has 0 N–H and O–H groups in total. The van der Waals surface area contributed by atoms with E-state index in [4.69, 9.17) is 0 Å². The molecular weight excluding hydrogens is 352 g/mol. The van der Waals surface area contributed by atoms with Crippen LogP contribution in [0.15, 0.2) is 30.3 Å². The van der Waals surface area contributed by atoms with E-state index < -0.39 is 0 Å². The van der Waals surface area contributed by atoms with Gasteiger partial charge in [-0.05, 0) is 30.1 Å². The molecule has 0 nitrogen and oxygen atoms in total. The lowest BCUT2D eigenvalue weighted by Gasteiger charge is -2.14. The summed E-state index contributed by atoms with van der Waals surface area (Å²) in [6, 6.07) is 10.9. The molecule has 0 radical (unpaired) electrons. The quantitative estimate of drug-likeness (QED) is 0.267. The molecule has 128 valence electrons. The van der Waals surface area contributed by atoms with E-state index in [1.54, 1.807) is 0 Å². The van der Waals surface area contributed by atoms with E-state index in [1.165, 1.54) is 76.2 Å². The van der Waals surface area contributed by atoms with Crippen LogP contribution >= 0.6 is 29.6 Å². The molecule has 1 aromatic carbocycles. The van der Waals surface area contributed by atoms with Gasteiger partial charge in [-0.2, -0.15) is 12.6 Å². The summed E-state index contributed by atoms with van der Waals surface area (Å²) in [7, 11) is 0. The van der Waals surface area contributed by atoms with Gasteiger partial charge in [-0.25, -0.2) is 0 Å². The molecule has 22 heavy (non-hydrogen) atoms. The van der Waals surface area contributed by atoms with Gasteiger partial charge in [0.05, 0.1) is 0 Å². The molecule has 0 aliphatic heterocycles. The Hall–Kier alpha value is 0.0500. The number of unbranched alkanes of at least 4 members (excludes halogenated alkanes) is 8. The number of thiol groups is 1. The SMILES string of the molecule is Br.CCCCCCCCCCCC(CS)Cc1ccccc1. The molecule has 0 heterocycles. The molecule has 0 saturated carbocycles. The second-order valence-corrected chi connectivity index (χ2v) is 6.72. The lowest BCUT2D eigenvalue weighted by Crippen LogP contribution is -2.06. The van der Waals surface area contributed by atoms with Crippen molar-refractivity contribution >= 4 is 29.6 Å². The zero-order valence-electron chi connectivity index (χ0n) is 14.3. The highest BCUT2D eigenvalue weighted by Crippen LogP contribution is 2.18. The van der Waals surface area contributed by atoms with Gasteiger partial charge in [-0.15, -0.1) is 17.0 Å². The van der Waals surface area contributed by atoms with E-state index in [0.717, 1.165) is 11.7 Å². The molecule has 1 aromatic rings. The van der Waals surface area contributed by atoms with Crippen molar-refractivity contribution in [2.45, 2.75) is 77.6 Å². The highest BCUT2D eigenvalue weighted by Gasteiger charge is 2.07.